The van der Waals surface area contributed by atoms with Crippen molar-refractivity contribution in [1.29, 1.82) is 0 Å². The molecule has 1 heterocycles. The number of hydrogen-bond acceptors (Lipinski definition) is 3. The van der Waals surface area contributed by atoms with Gasteiger partial charge < -0.3 is 10.2 Å². The van der Waals surface area contributed by atoms with Gasteiger partial charge in [0.1, 0.15) is 6.23 Å². The van der Waals surface area contributed by atoms with Crippen LogP contribution in [-0.2, 0) is 6.54 Å². The van der Waals surface area contributed by atoms with Gasteiger partial charge >= 0.3 is 0 Å². The van der Waals surface area contributed by atoms with Crippen molar-refractivity contribution in [3.8, 4) is 0 Å². The zero-order valence-electron chi connectivity index (χ0n) is 8.50. The average molecular weight is 205 g/mol. The van der Waals surface area contributed by atoms with Crippen molar-refractivity contribution in [1.82, 2.24) is 4.90 Å². The first kappa shape index (κ1) is 9.33. The fourth-order valence-electron chi connectivity index (χ4n) is 2.57. The van der Waals surface area contributed by atoms with Gasteiger partial charge in [-0.2, -0.15) is 0 Å². The van der Waals surface area contributed by atoms with Crippen molar-refractivity contribution in [2.45, 2.75) is 37.3 Å². The number of aliphatic hydroxyl groups excluding tert-OH is 2. The molecule has 3 atom stereocenters. The van der Waals surface area contributed by atoms with Gasteiger partial charge in [-0.1, -0.05) is 30.3 Å². The fraction of sp³-hybridized carbons (Fsp3) is 0.500. The third kappa shape index (κ3) is 1.31. The lowest BCUT2D eigenvalue weighted by atomic mass is 9.96. The van der Waals surface area contributed by atoms with Gasteiger partial charge in [-0.3, -0.25) is 4.90 Å². The minimum Gasteiger partial charge on any atom is -0.391 e. The van der Waals surface area contributed by atoms with Crippen LogP contribution in [-0.4, -0.2) is 33.0 Å². The molecule has 1 aliphatic carbocycles. The summed E-state index contributed by atoms with van der Waals surface area (Å²) < 4.78 is 0. The Labute approximate surface area is 89.0 Å². The highest BCUT2D eigenvalue weighted by Crippen LogP contribution is 2.54. The first-order chi connectivity index (χ1) is 7.22. The van der Waals surface area contributed by atoms with E-state index < -0.39 is 0 Å². The second-order valence-electron chi connectivity index (χ2n) is 4.62. The lowest BCUT2D eigenvalue weighted by Gasteiger charge is -2.47. The van der Waals surface area contributed by atoms with Crippen LogP contribution in [0.25, 0.3) is 0 Å². The van der Waals surface area contributed by atoms with Crippen molar-refractivity contribution < 1.29 is 10.2 Å². The Morgan fingerprint density at radius 2 is 1.87 bits per heavy atom. The lowest BCUT2D eigenvalue weighted by Crippen LogP contribution is -2.59. The Morgan fingerprint density at radius 1 is 1.20 bits per heavy atom. The van der Waals surface area contributed by atoms with E-state index in [2.05, 4.69) is 0 Å². The third-order valence-corrected chi connectivity index (χ3v) is 3.67. The summed E-state index contributed by atoms with van der Waals surface area (Å²) in [6, 6.07) is 10.1. The van der Waals surface area contributed by atoms with E-state index in [-0.39, 0.29) is 17.9 Å². The maximum atomic E-state index is 9.68. The van der Waals surface area contributed by atoms with Gasteiger partial charge in [0.05, 0.1) is 11.6 Å². The molecule has 0 bridgehead atoms. The molecule has 1 aromatic carbocycles. The van der Waals surface area contributed by atoms with E-state index in [1.165, 1.54) is 5.56 Å². The standard InChI is InChI=1S/C12H15NO2/c14-10-6-12(10)7-11(15)13(12)8-9-4-2-1-3-5-9/h1-5,10-11,14-15H,6-8H2/t10?,11-,12+/m0/s1. The highest BCUT2D eigenvalue weighted by atomic mass is 16.3. The van der Waals surface area contributed by atoms with Crippen LogP contribution in [0.3, 0.4) is 0 Å². The molecule has 1 aromatic rings. The molecule has 1 saturated heterocycles. The third-order valence-electron chi connectivity index (χ3n) is 3.67. The van der Waals surface area contributed by atoms with Gasteiger partial charge in [-0.05, 0) is 12.0 Å². The molecular formula is C12H15NO2. The minimum absolute atomic E-state index is 0.0880. The number of nitrogens with zero attached hydrogens (tertiary/aromatic N) is 1. The van der Waals surface area contributed by atoms with Crippen LogP contribution in [0.1, 0.15) is 18.4 Å². The highest BCUT2D eigenvalue weighted by molar-refractivity contribution is 5.23. The lowest BCUT2D eigenvalue weighted by molar-refractivity contribution is -0.151. The SMILES string of the molecule is OC1C[C@@]12C[C@H](O)N2Cc1ccccc1. The summed E-state index contributed by atoms with van der Waals surface area (Å²) in [5.74, 6) is 0. The summed E-state index contributed by atoms with van der Waals surface area (Å²) in [7, 11) is 0. The van der Waals surface area contributed by atoms with Gasteiger partial charge in [0.15, 0.2) is 0 Å². The van der Waals surface area contributed by atoms with E-state index in [1.54, 1.807) is 0 Å². The van der Waals surface area contributed by atoms with Crippen LogP contribution in [0.5, 0.6) is 0 Å². The average Bonchev–Trinajstić information content (AvgIpc) is 2.91. The Bertz CT molecular complexity index is 367. The smallest absolute Gasteiger partial charge is 0.110 e. The highest BCUT2D eigenvalue weighted by Gasteiger charge is 2.66. The number of aliphatic hydroxyl groups is 2. The minimum atomic E-state index is -0.373. The molecule has 1 spiro atoms. The quantitative estimate of drug-likeness (QED) is 0.747. The fourth-order valence-corrected chi connectivity index (χ4v) is 2.57. The first-order valence-electron chi connectivity index (χ1n) is 5.39. The van der Waals surface area contributed by atoms with E-state index in [4.69, 9.17) is 0 Å². The second kappa shape index (κ2) is 3.04. The molecule has 0 amide bonds. The Kier molecular flexibility index (Phi) is 1.89. The number of rotatable bonds is 2. The van der Waals surface area contributed by atoms with E-state index >= 15 is 0 Å². The largest absolute Gasteiger partial charge is 0.391 e. The van der Waals surface area contributed by atoms with Crippen molar-refractivity contribution in [3.05, 3.63) is 35.9 Å². The van der Waals surface area contributed by atoms with Crippen molar-refractivity contribution in [2.24, 2.45) is 0 Å². The summed E-state index contributed by atoms with van der Waals surface area (Å²) in [5, 5.41) is 19.2. The van der Waals surface area contributed by atoms with E-state index in [0.29, 0.717) is 0 Å². The Morgan fingerprint density at radius 3 is 2.40 bits per heavy atom. The molecule has 0 radical (unpaired) electrons. The number of hydrogen-bond donors (Lipinski definition) is 2. The molecule has 15 heavy (non-hydrogen) atoms. The van der Waals surface area contributed by atoms with Gasteiger partial charge in [0.2, 0.25) is 0 Å². The maximum Gasteiger partial charge on any atom is 0.110 e. The molecule has 1 saturated carbocycles. The molecule has 3 nitrogen and oxygen atoms in total. The van der Waals surface area contributed by atoms with Gasteiger partial charge in [-0.15, -0.1) is 0 Å². The first-order valence-corrected chi connectivity index (χ1v) is 5.39. The van der Waals surface area contributed by atoms with Crippen molar-refractivity contribution in [3.63, 3.8) is 0 Å². The molecule has 0 aromatic heterocycles. The molecule has 2 N–H and O–H groups in total. The van der Waals surface area contributed by atoms with Gasteiger partial charge in [0.25, 0.3) is 0 Å². The van der Waals surface area contributed by atoms with Crippen molar-refractivity contribution in [2.75, 3.05) is 0 Å². The Hall–Kier alpha value is -0.900. The van der Waals surface area contributed by atoms with Crippen LogP contribution in [0.2, 0.25) is 0 Å². The summed E-state index contributed by atoms with van der Waals surface area (Å²) in [6.45, 7) is 0.735. The maximum absolute atomic E-state index is 9.68. The van der Waals surface area contributed by atoms with Gasteiger partial charge in [0, 0.05) is 13.0 Å². The topological polar surface area (TPSA) is 43.7 Å². The molecular weight excluding hydrogens is 190 g/mol. The number of benzene rings is 1. The normalized spacial score (nSPS) is 39.1. The molecule has 2 aliphatic rings. The molecule has 80 valence electrons. The van der Waals surface area contributed by atoms with Crippen molar-refractivity contribution >= 4 is 0 Å². The van der Waals surface area contributed by atoms with Crippen LogP contribution in [0, 0.1) is 0 Å². The summed E-state index contributed by atoms with van der Waals surface area (Å²) >= 11 is 0. The van der Waals surface area contributed by atoms with Crippen LogP contribution < -0.4 is 0 Å². The van der Waals surface area contributed by atoms with Crippen LogP contribution in [0.15, 0.2) is 30.3 Å². The zero-order chi connectivity index (χ0) is 10.5. The molecule has 3 rings (SSSR count). The summed E-state index contributed by atoms with van der Waals surface area (Å²) in [5.41, 5.74) is 1.10. The monoisotopic (exact) mass is 205 g/mol. The summed E-state index contributed by atoms with van der Waals surface area (Å²) in [6.07, 6.45) is 0.935. The number of likely N-dealkylation sites (tertiary alicyclic amines) is 1. The second-order valence-corrected chi connectivity index (χ2v) is 4.62. The molecule has 2 fully saturated rings. The molecule has 1 unspecified atom stereocenters. The molecule has 1 aliphatic heterocycles. The van der Waals surface area contributed by atoms with E-state index in [1.807, 2.05) is 35.2 Å². The predicted molar refractivity (Wildman–Crippen MR) is 56.0 cm³/mol. The van der Waals surface area contributed by atoms with E-state index in [9.17, 15) is 10.2 Å². The van der Waals surface area contributed by atoms with Crippen LogP contribution in [0.4, 0.5) is 0 Å². The van der Waals surface area contributed by atoms with E-state index in [0.717, 1.165) is 19.4 Å². The Balaban J connectivity index is 1.73. The summed E-state index contributed by atoms with van der Waals surface area (Å²) in [4.78, 5) is 2.01. The molecule has 3 heteroatoms. The van der Waals surface area contributed by atoms with Crippen LogP contribution >= 0.6 is 0 Å². The van der Waals surface area contributed by atoms with Gasteiger partial charge in [-0.25, -0.2) is 0 Å². The predicted octanol–water partition coefficient (Wildman–Crippen LogP) is 0.714. The zero-order valence-corrected chi connectivity index (χ0v) is 8.50.